The second kappa shape index (κ2) is 7.53. The topological polar surface area (TPSA) is 33.2 Å². The Hall–Kier alpha value is -2.23. The number of benzene rings is 1. The van der Waals surface area contributed by atoms with Crippen molar-refractivity contribution in [3.63, 3.8) is 0 Å². The van der Waals surface area contributed by atoms with E-state index in [1.54, 1.807) is 11.9 Å². The second-order valence-electron chi connectivity index (χ2n) is 5.01. The number of pyridine rings is 1. The largest absolute Gasteiger partial charge is 0.340 e. The molecule has 1 heterocycles. The fraction of sp³-hybridized carbons (Fsp3) is 0.294. The van der Waals surface area contributed by atoms with Gasteiger partial charge in [-0.15, -0.1) is 0 Å². The van der Waals surface area contributed by atoms with E-state index in [0.717, 1.165) is 19.3 Å². The highest BCUT2D eigenvalue weighted by molar-refractivity contribution is 5.92. The number of nitrogens with zero attached hydrogens (tertiary/aromatic N) is 2. The lowest BCUT2D eigenvalue weighted by Crippen LogP contribution is -2.28. The zero-order valence-corrected chi connectivity index (χ0v) is 12.1. The highest BCUT2D eigenvalue weighted by atomic mass is 19.1. The van der Waals surface area contributed by atoms with Crippen molar-refractivity contribution in [1.29, 1.82) is 0 Å². The van der Waals surface area contributed by atoms with Crippen molar-refractivity contribution in [2.75, 3.05) is 13.6 Å². The van der Waals surface area contributed by atoms with Crippen LogP contribution in [0.4, 0.5) is 4.39 Å². The van der Waals surface area contributed by atoms with Crippen molar-refractivity contribution in [2.24, 2.45) is 0 Å². The predicted molar refractivity (Wildman–Crippen MR) is 80.5 cm³/mol. The Labute approximate surface area is 124 Å². The molecule has 4 heteroatoms. The van der Waals surface area contributed by atoms with Gasteiger partial charge in [-0.1, -0.05) is 36.4 Å². The summed E-state index contributed by atoms with van der Waals surface area (Å²) in [5.74, 6) is -0.868. The van der Waals surface area contributed by atoms with E-state index < -0.39 is 5.95 Å². The monoisotopic (exact) mass is 286 g/mol. The summed E-state index contributed by atoms with van der Waals surface area (Å²) in [6, 6.07) is 14.5. The van der Waals surface area contributed by atoms with Crippen molar-refractivity contribution in [3.8, 4) is 0 Å². The van der Waals surface area contributed by atoms with Gasteiger partial charge in [0.2, 0.25) is 5.95 Å². The Morgan fingerprint density at radius 2 is 1.86 bits per heavy atom. The van der Waals surface area contributed by atoms with E-state index >= 15 is 0 Å². The first-order chi connectivity index (χ1) is 10.2. The number of halogens is 1. The van der Waals surface area contributed by atoms with Gasteiger partial charge in [-0.2, -0.15) is 4.39 Å². The maximum Gasteiger partial charge on any atom is 0.272 e. The van der Waals surface area contributed by atoms with Crippen molar-refractivity contribution in [3.05, 3.63) is 65.7 Å². The van der Waals surface area contributed by atoms with Gasteiger partial charge in [0.15, 0.2) is 0 Å². The lowest BCUT2D eigenvalue weighted by molar-refractivity contribution is 0.0786. The Kier molecular flexibility index (Phi) is 5.43. The molecule has 0 atom stereocenters. The van der Waals surface area contributed by atoms with E-state index in [1.165, 1.54) is 23.8 Å². The number of rotatable bonds is 6. The van der Waals surface area contributed by atoms with Crippen LogP contribution in [0.5, 0.6) is 0 Å². The number of carbonyl (C=O) groups excluding carboxylic acids is 1. The molecule has 3 nitrogen and oxygen atoms in total. The Bertz CT molecular complexity index is 586. The first-order valence-corrected chi connectivity index (χ1v) is 7.09. The third kappa shape index (κ3) is 4.67. The summed E-state index contributed by atoms with van der Waals surface area (Å²) in [7, 11) is 1.72. The van der Waals surface area contributed by atoms with E-state index in [0.29, 0.717) is 6.54 Å². The third-order valence-electron chi connectivity index (χ3n) is 3.33. The van der Waals surface area contributed by atoms with Gasteiger partial charge in [0.25, 0.3) is 5.91 Å². The minimum atomic E-state index is -0.627. The molecule has 0 aliphatic heterocycles. The van der Waals surface area contributed by atoms with Crippen molar-refractivity contribution < 1.29 is 9.18 Å². The molecule has 0 unspecified atom stereocenters. The lowest BCUT2D eigenvalue weighted by Gasteiger charge is -2.16. The van der Waals surface area contributed by atoms with Gasteiger partial charge in [-0.25, -0.2) is 4.98 Å². The molecule has 0 bridgehead atoms. The Morgan fingerprint density at radius 1 is 1.10 bits per heavy atom. The molecule has 0 saturated heterocycles. The summed E-state index contributed by atoms with van der Waals surface area (Å²) in [5, 5.41) is 0. The van der Waals surface area contributed by atoms with Crippen LogP contribution in [0.1, 0.15) is 28.9 Å². The average Bonchev–Trinajstić information content (AvgIpc) is 2.51. The highest BCUT2D eigenvalue weighted by Gasteiger charge is 2.13. The van der Waals surface area contributed by atoms with Crippen LogP contribution in [0.3, 0.4) is 0 Å². The normalized spacial score (nSPS) is 10.4. The minimum Gasteiger partial charge on any atom is -0.340 e. The molecule has 0 spiro atoms. The van der Waals surface area contributed by atoms with E-state index in [1.807, 2.05) is 18.2 Å². The number of amides is 1. The average molecular weight is 286 g/mol. The van der Waals surface area contributed by atoms with Gasteiger partial charge < -0.3 is 4.90 Å². The zero-order chi connectivity index (χ0) is 15.1. The van der Waals surface area contributed by atoms with Crippen LogP contribution in [0.15, 0.2) is 48.5 Å². The first kappa shape index (κ1) is 15.2. The summed E-state index contributed by atoms with van der Waals surface area (Å²) in [5.41, 5.74) is 1.46. The van der Waals surface area contributed by atoms with Gasteiger partial charge in [-0.05, 0) is 37.0 Å². The Balaban J connectivity index is 1.76. The first-order valence-electron chi connectivity index (χ1n) is 7.09. The van der Waals surface area contributed by atoms with Crippen molar-refractivity contribution in [1.82, 2.24) is 9.88 Å². The van der Waals surface area contributed by atoms with Crippen molar-refractivity contribution >= 4 is 5.91 Å². The molecular weight excluding hydrogens is 267 g/mol. The van der Waals surface area contributed by atoms with E-state index in [-0.39, 0.29) is 11.6 Å². The molecule has 2 aromatic rings. The Morgan fingerprint density at radius 3 is 2.57 bits per heavy atom. The standard InChI is InChI=1S/C17H19FN2O/c1-20(17(21)15-11-7-12-16(18)19-15)13-6-5-10-14-8-3-2-4-9-14/h2-4,7-9,11-12H,5-6,10,13H2,1H3. The zero-order valence-electron chi connectivity index (χ0n) is 12.1. The second-order valence-corrected chi connectivity index (χ2v) is 5.01. The molecule has 0 saturated carbocycles. The van der Waals surface area contributed by atoms with Crippen LogP contribution < -0.4 is 0 Å². The summed E-state index contributed by atoms with van der Waals surface area (Å²) in [4.78, 5) is 17.3. The van der Waals surface area contributed by atoms with Gasteiger partial charge in [0, 0.05) is 13.6 Å². The predicted octanol–water partition coefficient (Wildman–Crippen LogP) is 3.32. The molecule has 0 fully saturated rings. The molecule has 21 heavy (non-hydrogen) atoms. The smallest absolute Gasteiger partial charge is 0.272 e. The molecule has 0 radical (unpaired) electrons. The molecule has 1 aromatic heterocycles. The molecule has 2 rings (SSSR count). The molecule has 110 valence electrons. The number of hydrogen-bond acceptors (Lipinski definition) is 2. The van der Waals surface area contributed by atoms with Crippen LogP contribution in [0, 0.1) is 5.95 Å². The van der Waals surface area contributed by atoms with Crippen LogP contribution >= 0.6 is 0 Å². The molecule has 0 aliphatic rings. The maximum absolute atomic E-state index is 13.0. The number of aromatic nitrogens is 1. The van der Waals surface area contributed by atoms with Gasteiger partial charge in [0.05, 0.1) is 0 Å². The van der Waals surface area contributed by atoms with Gasteiger partial charge in [0.1, 0.15) is 5.69 Å². The van der Waals surface area contributed by atoms with Crippen LogP contribution in [0.2, 0.25) is 0 Å². The fourth-order valence-electron chi connectivity index (χ4n) is 2.15. The molecule has 0 aliphatic carbocycles. The lowest BCUT2D eigenvalue weighted by atomic mass is 10.1. The van der Waals surface area contributed by atoms with Crippen LogP contribution in [-0.2, 0) is 6.42 Å². The van der Waals surface area contributed by atoms with E-state index in [2.05, 4.69) is 17.1 Å². The number of hydrogen-bond donors (Lipinski definition) is 0. The molecule has 1 amide bonds. The van der Waals surface area contributed by atoms with Crippen molar-refractivity contribution in [2.45, 2.75) is 19.3 Å². The summed E-state index contributed by atoms with van der Waals surface area (Å²) in [6.45, 7) is 0.643. The highest BCUT2D eigenvalue weighted by Crippen LogP contribution is 2.07. The molecular formula is C17H19FN2O. The fourth-order valence-corrected chi connectivity index (χ4v) is 2.15. The minimum absolute atomic E-state index is 0.153. The quantitative estimate of drug-likeness (QED) is 0.603. The number of unbranched alkanes of at least 4 members (excludes halogenated alkanes) is 1. The van der Waals surface area contributed by atoms with E-state index in [4.69, 9.17) is 0 Å². The summed E-state index contributed by atoms with van der Waals surface area (Å²) >= 11 is 0. The SMILES string of the molecule is CN(CCCCc1ccccc1)C(=O)c1cccc(F)n1. The number of carbonyl (C=O) groups is 1. The van der Waals surface area contributed by atoms with Gasteiger partial charge in [-0.3, -0.25) is 4.79 Å². The third-order valence-corrected chi connectivity index (χ3v) is 3.33. The van der Waals surface area contributed by atoms with E-state index in [9.17, 15) is 9.18 Å². The maximum atomic E-state index is 13.0. The van der Waals surface area contributed by atoms with Gasteiger partial charge >= 0.3 is 0 Å². The summed E-state index contributed by atoms with van der Waals surface area (Å²) < 4.78 is 13.0. The molecule has 1 aromatic carbocycles. The summed E-state index contributed by atoms with van der Waals surface area (Å²) in [6.07, 6.45) is 2.92. The van der Waals surface area contributed by atoms with Crippen LogP contribution in [-0.4, -0.2) is 29.4 Å². The van der Waals surface area contributed by atoms with Crippen LogP contribution in [0.25, 0.3) is 0 Å². The number of aryl methyl sites for hydroxylation is 1. The molecule has 0 N–H and O–H groups in total.